The van der Waals surface area contributed by atoms with E-state index >= 15 is 0 Å². The molecule has 0 radical (unpaired) electrons. The summed E-state index contributed by atoms with van der Waals surface area (Å²) in [7, 11) is 0. The molecule has 0 bridgehead atoms. The van der Waals surface area contributed by atoms with Crippen molar-refractivity contribution in [2.45, 2.75) is 52.9 Å². The molecular weight excluding hydrogens is 156 g/mol. The van der Waals surface area contributed by atoms with Crippen LogP contribution < -0.4 is 0 Å². The number of allylic oxidation sites excluding steroid dienone is 1. The Morgan fingerprint density at radius 2 is 2.00 bits per heavy atom. The molecule has 0 spiro atoms. The number of rotatable bonds is 1. The van der Waals surface area contributed by atoms with E-state index in [4.69, 9.17) is 0 Å². The summed E-state index contributed by atoms with van der Waals surface area (Å²) >= 11 is 0. The molecule has 0 aromatic rings. The van der Waals surface area contributed by atoms with Crippen molar-refractivity contribution in [1.82, 2.24) is 0 Å². The van der Waals surface area contributed by atoms with E-state index < -0.39 is 0 Å². The highest BCUT2D eigenvalue weighted by molar-refractivity contribution is 5.01. The zero-order chi connectivity index (χ0) is 9.84. The molecule has 3 unspecified atom stereocenters. The van der Waals surface area contributed by atoms with Crippen molar-refractivity contribution >= 4 is 0 Å². The highest BCUT2D eigenvalue weighted by Crippen LogP contribution is 2.33. The van der Waals surface area contributed by atoms with Gasteiger partial charge in [-0.2, -0.15) is 0 Å². The van der Waals surface area contributed by atoms with Gasteiger partial charge in [0.15, 0.2) is 0 Å². The first-order valence-electron chi connectivity index (χ1n) is 5.81. The van der Waals surface area contributed by atoms with Crippen LogP contribution in [0.25, 0.3) is 0 Å². The molecule has 1 aliphatic carbocycles. The maximum atomic E-state index is 4.22. The average molecular weight is 180 g/mol. The largest absolute Gasteiger partial charge is 0.0996 e. The minimum atomic E-state index is 0.761. The van der Waals surface area contributed by atoms with E-state index in [0.717, 1.165) is 17.8 Å². The fourth-order valence-electron chi connectivity index (χ4n) is 2.39. The van der Waals surface area contributed by atoms with Crippen LogP contribution in [0.4, 0.5) is 0 Å². The lowest BCUT2D eigenvalue weighted by Gasteiger charge is -2.27. The molecule has 0 amide bonds. The molecule has 0 heterocycles. The summed E-state index contributed by atoms with van der Waals surface area (Å²) in [6.45, 7) is 11.3. The van der Waals surface area contributed by atoms with E-state index in [1.165, 1.54) is 37.7 Å². The molecule has 0 nitrogen and oxygen atoms in total. The summed E-state index contributed by atoms with van der Waals surface area (Å²) in [6, 6.07) is 0. The van der Waals surface area contributed by atoms with Crippen molar-refractivity contribution in [3.05, 3.63) is 12.2 Å². The molecule has 1 saturated carbocycles. The first-order valence-corrected chi connectivity index (χ1v) is 5.81. The van der Waals surface area contributed by atoms with Gasteiger partial charge in [-0.3, -0.25) is 0 Å². The molecule has 0 aliphatic heterocycles. The highest BCUT2D eigenvalue weighted by atomic mass is 14.2. The molecule has 0 aromatic heterocycles. The topological polar surface area (TPSA) is 0 Å². The SMILES string of the molecule is C=C1CC(CC)CC(C)CCC1C. The zero-order valence-electron chi connectivity index (χ0n) is 9.47. The smallest absolute Gasteiger partial charge is 0.0234 e. The lowest BCUT2D eigenvalue weighted by atomic mass is 9.78. The van der Waals surface area contributed by atoms with Gasteiger partial charge in [0, 0.05) is 0 Å². The number of hydrogen-bond acceptors (Lipinski definition) is 0. The van der Waals surface area contributed by atoms with Crippen molar-refractivity contribution in [2.24, 2.45) is 17.8 Å². The van der Waals surface area contributed by atoms with Gasteiger partial charge < -0.3 is 0 Å². The van der Waals surface area contributed by atoms with E-state index in [0.29, 0.717) is 0 Å². The van der Waals surface area contributed by atoms with Crippen LogP contribution in [-0.2, 0) is 0 Å². The molecule has 1 aliphatic rings. The summed E-state index contributed by atoms with van der Waals surface area (Å²) in [6.07, 6.45) is 6.79. The first-order chi connectivity index (χ1) is 6.13. The van der Waals surface area contributed by atoms with Crippen LogP contribution >= 0.6 is 0 Å². The van der Waals surface area contributed by atoms with Gasteiger partial charge in [-0.25, -0.2) is 0 Å². The van der Waals surface area contributed by atoms with Crippen molar-refractivity contribution in [3.63, 3.8) is 0 Å². The van der Waals surface area contributed by atoms with Gasteiger partial charge in [-0.05, 0) is 37.0 Å². The van der Waals surface area contributed by atoms with Gasteiger partial charge in [-0.1, -0.05) is 45.8 Å². The summed E-state index contributed by atoms with van der Waals surface area (Å²) in [5, 5.41) is 0. The third-order valence-electron chi connectivity index (χ3n) is 3.65. The molecule has 0 heteroatoms. The van der Waals surface area contributed by atoms with Crippen LogP contribution in [0.15, 0.2) is 12.2 Å². The quantitative estimate of drug-likeness (QED) is 0.524. The van der Waals surface area contributed by atoms with Crippen molar-refractivity contribution in [3.8, 4) is 0 Å². The highest BCUT2D eigenvalue weighted by Gasteiger charge is 2.19. The Bertz CT molecular complexity index is 169. The zero-order valence-corrected chi connectivity index (χ0v) is 9.47. The first kappa shape index (κ1) is 10.8. The van der Waals surface area contributed by atoms with Crippen LogP contribution in [0.1, 0.15) is 52.9 Å². The maximum Gasteiger partial charge on any atom is -0.0234 e. The fraction of sp³-hybridized carbons (Fsp3) is 0.846. The summed E-state index contributed by atoms with van der Waals surface area (Å²) in [5.41, 5.74) is 1.50. The second-order valence-electron chi connectivity index (χ2n) is 4.96. The van der Waals surface area contributed by atoms with Crippen LogP contribution in [0, 0.1) is 17.8 Å². The van der Waals surface area contributed by atoms with E-state index in [9.17, 15) is 0 Å². The molecule has 0 aromatic carbocycles. The molecule has 3 atom stereocenters. The molecule has 0 N–H and O–H groups in total. The van der Waals surface area contributed by atoms with Gasteiger partial charge in [0.1, 0.15) is 0 Å². The third kappa shape index (κ3) is 3.17. The summed E-state index contributed by atoms with van der Waals surface area (Å²) in [4.78, 5) is 0. The second-order valence-corrected chi connectivity index (χ2v) is 4.96. The predicted octanol–water partition coefficient (Wildman–Crippen LogP) is 4.42. The summed E-state index contributed by atoms with van der Waals surface area (Å²) in [5.74, 6) is 2.60. The molecule has 1 fully saturated rings. The standard InChI is InChI=1S/C13H24/c1-5-13-8-10(2)6-7-11(3)12(4)9-13/h10-11,13H,4-9H2,1-3H3. The van der Waals surface area contributed by atoms with Crippen LogP contribution in [-0.4, -0.2) is 0 Å². The molecule has 1 rings (SSSR count). The molecule has 0 saturated heterocycles. The van der Waals surface area contributed by atoms with E-state index in [-0.39, 0.29) is 0 Å². The van der Waals surface area contributed by atoms with Gasteiger partial charge >= 0.3 is 0 Å². The molecular formula is C13H24. The van der Waals surface area contributed by atoms with Gasteiger partial charge in [-0.15, -0.1) is 0 Å². The monoisotopic (exact) mass is 180 g/mol. The third-order valence-corrected chi connectivity index (χ3v) is 3.65. The lowest BCUT2D eigenvalue weighted by Crippen LogP contribution is -2.14. The number of hydrogen-bond donors (Lipinski definition) is 0. The lowest BCUT2D eigenvalue weighted by molar-refractivity contribution is 0.312. The Morgan fingerprint density at radius 1 is 1.31 bits per heavy atom. The fourth-order valence-corrected chi connectivity index (χ4v) is 2.39. The Hall–Kier alpha value is -0.260. The van der Waals surface area contributed by atoms with Gasteiger partial charge in [0.2, 0.25) is 0 Å². The van der Waals surface area contributed by atoms with Gasteiger partial charge in [0.25, 0.3) is 0 Å². The second kappa shape index (κ2) is 4.83. The van der Waals surface area contributed by atoms with E-state index in [1.54, 1.807) is 0 Å². The molecule has 76 valence electrons. The van der Waals surface area contributed by atoms with E-state index in [2.05, 4.69) is 27.4 Å². The van der Waals surface area contributed by atoms with Crippen molar-refractivity contribution < 1.29 is 0 Å². The summed E-state index contributed by atoms with van der Waals surface area (Å²) < 4.78 is 0. The average Bonchev–Trinajstić information content (AvgIpc) is 2.11. The van der Waals surface area contributed by atoms with Crippen LogP contribution in [0.5, 0.6) is 0 Å². The minimum Gasteiger partial charge on any atom is -0.0996 e. The Labute approximate surface area is 83.4 Å². The predicted molar refractivity (Wildman–Crippen MR) is 59.7 cm³/mol. The van der Waals surface area contributed by atoms with Crippen LogP contribution in [0.2, 0.25) is 0 Å². The normalized spacial score (nSPS) is 36.8. The Kier molecular flexibility index (Phi) is 4.02. The van der Waals surface area contributed by atoms with Gasteiger partial charge in [0.05, 0.1) is 0 Å². The van der Waals surface area contributed by atoms with E-state index in [1.807, 2.05) is 0 Å². The van der Waals surface area contributed by atoms with Crippen molar-refractivity contribution in [2.75, 3.05) is 0 Å². The Morgan fingerprint density at radius 3 is 2.62 bits per heavy atom. The molecule has 13 heavy (non-hydrogen) atoms. The van der Waals surface area contributed by atoms with Crippen LogP contribution in [0.3, 0.4) is 0 Å². The Balaban J connectivity index is 2.55. The van der Waals surface area contributed by atoms with Crippen molar-refractivity contribution in [1.29, 1.82) is 0 Å². The minimum absolute atomic E-state index is 0.761. The maximum absolute atomic E-state index is 4.22.